The number of esters is 1. The molecule has 54 heavy (non-hydrogen) atoms. The zero-order valence-corrected chi connectivity index (χ0v) is 30.7. The summed E-state index contributed by atoms with van der Waals surface area (Å²) in [6.07, 6.45) is 7.19. The molecule has 14 heteroatoms. The first-order valence-corrected chi connectivity index (χ1v) is 19.7. The molecule has 5 fully saturated rings. The fraction of sp³-hybridized carbons (Fsp3) is 0.575. The summed E-state index contributed by atoms with van der Waals surface area (Å²) in [5.74, 6) is 0.107. The Morgan fingerprint density at radius 2 is 1.87 bits per heavy atom. The van der Waals surface area contributed by atoms with Gasteiger partial charge in [-0.3, -0.25) is 19.8 Å². The van der Waals surface area contributed by atoms with E-state index < -0.39 is 23.3 Å². The second-order valence-corrected chi connectivity index (χ2v) is 16.1. The number of nitrogens with zero attached hydrogens (tertiary/aromatic N) is 5. The van der Waals surface area contributed by atoms with Gasteiger partial charge in [-0.25, -0.2) is 13.6 Å². The predicted molar refractivity (Wildman–Crippen MR) is 197 cm³/mol. The van der Waals surface area contributed by atoms with E-state index in [1.165, 1.54) is 6.07 Å². The number of alkyl halides is 1. The van der Waals surface area contributed by atoms with Crippen LogP contribution in [0.25, 0.3) is 10.8 Å². The molecule has 3 amide bonds. The third-order valence-electron chi connectivity index (χ3n) is 12.8. The molecule has 1 aromatic heterocycles. The number of carbonyl (C=O) groups excluding carboxylic acids is 3. The van der Waals surface area contributed by atoms with E-state index in [1.54, 1.807) is 6.07 Å². The van der Waals surface area contributed by atoms with E-state index >= 15 is 4.39 Å². The van der Waals surface area contributed by atoms with E-state index in [-0.39, 0.29) is 42.8 Å². The van der Waals surface area contributed by atoms with Crippen LogP contribution in [0.15, 0.2) is 24.3 Å². The summed E-state index contributed by atoms with van der Waals surface area (Å²) in [5.41, 5.74) is 1.53. The number of aromatic nitrogens is 2. The highest BCUT2D eigenvalue weighted by molar-refractivity contribution is 6.07. The highest BCUT2D eigenvalue weighted by Gasteiger charge is 2.51. The van der Waals surface area contributed by atoms with Crippen molar-refractivity contribution < 1.29 is 32.6 Å². The Morgan fingerprint density at radius 1 is 1.04 bits per heavy atom. The Labute approximate surface area is 312 Å². The van der Waals surface area contributed by atoms with Gasteiger partial charge < -0.3 is 24.6 Å². The largest absolute Gasteiger partial charge is 0.461 e. The first-order valence-electron chi connectivity index (χ1n) is 19.7. The highest BCUT2D eigenvalue weighted by Crippen LogP contribution is 2.43. The number of amides is 3. The number of piperidine rings is 1. The monoisotopic (exact) mass is 743 g/mol. The lowest BCUT2D eigenvalue weighted by Crippen LogP contribution is -2.59. The van der Waals surface area contributed by atoms with Crippen molar-refractivity contribution in [3.05, 3.63) is 46.9 Å². The van der Waals surface area contributed by atoms with Gasteiger partial charge >= 0.3 is 18.0 Å². The van der Waals surface area contributed by atoms with Crippen LogP contribution < -0.4 is 29.9 Å². The number of ether oxygens (including phenoxy) is 2. The standard InChI is InChI=1S/C40H47F2N7O5/c1-2-28-30(42)10-9-25-17-27(54-35(50)24-7-3-4-8-24)18-32(33(25)28)47-16-11-29-31(21-47)43-38(53-23-39-12-5-15-49(39)20-26(41)19-39)44-34(29)48-14-6-13-40(22-48)36(51)45-37(52)46-40/h9-10,17-18,24,26H,2-8,11-16,19-23H2,1H3,(H2,45,46,51,52)/t26-,39+,40-/m1/s1. The summed E-state index contributed by atoms with van der Waals surface area (Å²) in [5, 5.41) is 6.84. The lowest BCUT2D eigenvalue weighted by molar-refractivity contribution is -0.138. The summed E-state index contributed by atoms with van der Waals surface area (Å²) in [7, 11) is 0. The average Bonchev–Trinajstić information content (AvgIpc) is 3.95. The molecule has 0 unspecified atom stereocenters. The van der Waals surface area contributed by atoms with Gasteiger partial charge in [0.15, 0.2) is 0 Å². The number of halogens is 2. The number of hydrogen-bond donors (Lipinski definition) is 2. The van der Waals surface area contributed by atoms with Crippen LogP contribution in [-0.4, -0.2) is 89.4 Å². The second kappa shape index (κ2) is 13.6. The van der Waals surface area contributed by atoms with Crippen LogP contribution >= 0.6 is 0 Å². The molecule has 0 bridgehead atoms. The number of anilines is 2. The predicted octanol–water partition coefficient (Wildman–Crippen LogP) is 5.12. The zero-order chi connectivity index (χ0) is 37.2. The molecule has 4 saturated heterocycles. The third-order valence-corrected chi connectivity index (χ3v) is 12.8. The first-order chi connectivity index (χ1) is 26.1. The molecular weight excluding hydrogens is 696 g/mol. The first kappa shape index (κ1) is 35.1. The maximum Gasteiger partial charge on any atom is 0.322 e. The normalized spacial score (nSPS) is 27.1. The molecule has 1 saturated carbocycles. The molecule has 0 radical (unpaired) electrons. The van der Waals surface area contributed by atoms with Gasteiger partial charge in [0, 0.05) is 48.8 Å². The maximum absolute atomic E-state index is 15.4. The van der Waals surface area contributed by atoms with Crippen molar-refractivity contribution in [2.24, 2.45) is 5.92 Å². The minimum atomic E-state index is -1.06. The summed E-state index contributed by atoms with van der Waals surface area (Å²) < 4.78 is 42.5. The van der Waals surface area contributed by atoms with Gasteiger partial charge in [0.25, 0.3) is 5.91 Å². The topological polar surface area (TPSA) is 129 Å². The van der Waals surface area contributed by atoms with E-state index in [9.17, 15) is 18.8 Å². The number of imide groups is 1. The Morgan fingerprint density at radius 3 is 2.67 bits per heavy atom. The molecule has 2 N–H and O–H groups in total. The van der Waals surface area contributed by atoms with E-state index in [0.717, 1.165) is 72.8 Å². The number of fused-ring (bicyclic) bond motifs is 3. The van der Waals surface area contributed by atoms with Crippen LogP contribution in [0, 0.1) is 11.7 Å². The molecule has 6 aliphatic rings. The van der Waals surface area contributed by atoms with Gasteiger partial charge in [-0.2, -0.15) is 9.97 Å². The fourth-order valence-corrected chi connectivity index (χ4v) is 10.1. The van der Waals surface area contributed by atoms with Crippen molar-refractivity contribution >= 4 is 40.2 Å². The molecule has 1 aliphatic carbocycles. The van der Waals surface area contributed by atoms with Crippen LogP contribution in [-0.2, 0) is 29.0 Å². The van der Waals surface area contributed by atoms with Crippen molar-refractivity contribution in [3.63, 3.8) is 0 Å². The van der Waals surface area contributed by atoms with Crippen LogP contribution in [0.4, 0.5) is 25.1 Å². The zero-order valence-electron chi connectivity index (χ0n) is 30.7. The molecule has 1 spiro atoms. The van der Waals surface area contributed by atoms with Gasteiger partial charge in [0.2, 0.25) is 0 Å². The summed E-state index contributed by atoms with van der Waals surface area (Å²) in [6, 6.07) is 6.58. The number of benzene rings is 2. The lowest BCUT2D eigenvalue weighted by Gasteiger charge is -2.40. The number of aryl methyl sites for hydroxylation is 1. The number of rotatable bonds is 8. The second-order valence-electron chi connectivity index (χ2n) is 16.1. The fourth-order valence-electron chi connectivity index (χ4n) is 10.1. The van der Waals surface area contributed by atoms with Gasteiger partial charge in [-0.15, -0.1) is 0 Å². The van der Waals surface area contributed by atoms with Crippen molar-refractivity contribution in [1.29, 1.82) is 0 Å². The molecule has 12 nitrogen and oxygen atoms in total. The Hall–Kier alpha value is -4.59. The van der Waals surface area contributed by atoms with Crippen LogP contribution in [0.5, 0.6) is 11.8 Å². The van der Waals surface area contributed by atoms with Crippen molar-refractivity contribution in [3.8, 4) is 11.8 Å². The van der Waals surface area contributed by atoms with Crippen LogP contribution in [0.2, 0.25) is 0 Å². The summed E-state index contributed by atoms with van der Waals surface area (Å²) in [6.45, 7) is 5.19. The Balaban J connectivity index is 1.09. The Kier molecular flexibility index (Phi) is 8.86. The van der Waals surface area contributed by atoms with E-state index in [0.29, 0.717) is 75.4 Å². The number of urea groups is 1. The number of carbonyl (C=O) groups is 3. The molecular formula is C40H47F2N7O5. The molecule has 2 aromatic carbocycles. The minimum absolute atomic E-state index is 0.118. The number of hydrogen-bond acceptors (Lipinski definition) is 10. The average molecular weight is 744 g/mol. The molecule has 3 atom stereocenters. The smallest absolute Gasteiger partial charge is 0.322 e. The number of nitrogens with one attached hydrogen (secondary N) is 2. The van der Waals surface area contributed by atoms with E-state index in [2.05, 4.69) is 20.4 Å². The molecule has 6 heterocycles. The minimum Gasteiger partial charge on any atom is -0.461 e. The van der Waals surface area contributed by atoms with E-state index in [1.807, 2.05) is 24.0 Å². The van der Waals surface area contributed by atoms with Crippen molar-refractivity contribution in [2.45, 2.75) is 101 Å². The van der Waals surface area contributed by atoms with Crippen LogP contribution in [0.3, 0.4) is 0 Å². The van der Waals surface area contributed by atoms with Crippen molar-refractivity contribution in [2.75, 3.05) is 49.1 Å². The molecule has 9 rings (SSSR count). The Bertz CT molecular complexity index is 2030. The highest BCUT2D eigenvalue weighted by atomic mass is 19.1. The van der Waals surface area contributed by atoms with Gasteiger partial charge in [0.1, 0.15) is 35.7 Å². The lowest BCUT2D eigenvalue weighted by atomic mass is 9.88. The third kappa shape index (κ3) is 6.10. The summed E-state index contributed by atoms with van der Waals surface area (Å²) >= 11 is 0. The molecule has 5 aliphatic heterocycles. The molecule has 286 valence electrons. The van der Waals surface area contributed by atoms with Gasteiger partial charge in [-0.1, -0.05) is 25.8 Å². The van der Waals surface area contributed by atoms with Crippen molar-refractivity contribution in [1.82, 2.24) is 25.5 Å². The van der Waals surface area contributed by atoms with E-state index in [4.69, 9.17) is 19.4 Å². The van der Waals surface area contributed by atoms with Gasteiger partial charge in [0.05, 0.1) is 30.2 Å². The SMILES string of the molecule is CCc1c(F)ccc2cc(OC(=O)C3CCCC3)cc(N3CCc4c(nc(OC[C@@]56CCCN5C[C@H](F)C6)nc4N4CCC[C@]5(C4)NC(=O)NC5=O)C3)c12. The summed E-state index contributed by atoms with van der Waals surface area (Å²) in [4.78, 5) is 54.9. The molecule has 3 aromatic rings. The maximum atomic E-state index is 15.4. The quantitative estimate of drug-likeness (QED) is 0.182. The van der Waals surface area contributed by atoms with Crippen LogP contribution in [0.1, 0.15) is 81.5 Å². The van der Waals surface area contributed by atoms with Gasteiger partial charge in [-0.05, 0) is 81.0 Å².